The van der Waals surface area contributed by atoms with Crippen molar-refractivity contribution >= 4 is 5.91 Å². The van der Waals surface area contributed by atoms with Crippen molar-refractivity contribution < 1.29 is 9.53 Å². The van der Waals surface area contributed by atoms with Gasteiger partial charge in [-0.3, -0.25) is 4.79 Å². The van der Waals surface area contributed by atoms with Gasteiger partial charge in [0.1, 0.15) is 5.75 Å². The van der Waals surface area contributed by atoms with Crippen LogP contribution in [0.15, 0.2) is 24.3 Å². The van der Waals surface area contributed by atoms with E-state index in [1.54, 1.807) is 0 Å². The van der Waals surface area contributed by atoms with Gasteiger partial charge in [-0.1, -0.05) is 18.2 Å². The molecule has 1 unspecified atom stereocenters. The second kappa shape index (κ2) is 7.26. The number of likely N-dealkylation sites (tertiary alicyclic amines) is 1. The number of nitrogens with one attached hydrogen (secondary N) is 1. The first kappa shape index (κ1) is 14.8. The molecule has 1 saturated heterocycles. The number of nitrogens with two attached hydrogens (primary N) is 1. The summed E-state index contributed by atoms with van der Waals surface area (Å²) < 4.78 is 5.55. The molecule has 1 fully saturated rings. The second-order valence-corrected chi connectivity index (χ2v) is 5.27. The number of amides is 1. The predicted octanol–water partition coefficient (Wildman–Crippen LogP) is 0.734. The maximum Gasteiger partial charge on any atom is 0.258 e. The summed E-state index contributed by atoms with van der Waals surface area (Å²) in [5.74, 6) is 0.614. The van der Waals surface area contributed by atoms with Gasteiger partial charge in [0.05, 0.1) is 0 Å². The number of carbonyl (C=O) groups is 1. The molecule has 1 aliphatic rings. The molecule has 3 N–H and O–H groups in total. The quantitative estimate of drug-likeness (QED) is 0.833. The van der Waals surface area contributed by atoms with Crippen LogP contribution in [0.4, 0.5) is 0 Å². The maximum absolute atomic E-state index is 11.9. The van der Waals surface area contributed by atoms with Gasteiger partial charge in [-0.15, -0.1) is 0 Å². The molecule has 5 nitrogen and oxygen atoms in total. The lowest BCUT2D eigenvalue weighted by molar-refractivity contribution is -0.124. The van der Waals surface area contributed by atoms with Gasteiger partial charge in [-0.05, 0) is 32.5 Å². The summed E-state index contributed by atoms with van der Waals surface area (Å²) in [6, 6.07) is 7.76. The van der Waals surface area contributed by atoms with Gasteiger partial charge in [-0.25, -0.2) is 0 Å². The van der Waals surface area contributed by atoms with Crippen molar-refractivity contribution in [1.82, 2.24) is 10.2 Å². The molecule has 5 heteroatoms. The molecular formula is C15H23N3O2. The molecule has 0 spiro atoms. The van der Waals surface area contributed by atoms with E-state index in [4.69, 9.17) is 10.5 Å². The number of piperidine rings is 1. The molecule has 20 heavy (non-hydrogen) atoms. The highest BCUT2D eigenvalue weighted by molar-refractivity contribution is 5.77. The molecule has 1 heterocycles. The van der Waals surface area contributed by atoms with E-state index >= 15 is 0 Å². The van der Waals surface area contributed by atoms with Gasteiger partial charge in [0.2, 0.25) is 0 Å². The lowest BCUT2D eigenvalue weighted by Crippen LogP contribution is -2.47. The van der Waals surface area contributed by atoms with Crippen LogP contribution in [0.5, 0.6) is 5.75 Å². The molecule has 1 atom stereocenters. The van der Waals surface area contributed by atoms with Crippen molar-refractivity contribution in [2.24, 2.45) is 5.73 Å². The number of hydrogen-bond acceptors (Lipinski definition) is 4. The highest BCUT2D eigenvalue weighted by Gasteiger charge is 2.19. The minimum absolute atomic E-state index is 0.0389. The van der Waals surface area contributed by atoms with Crippen LogP contribution in [-0.2, 0) is 11.3 Å². The second-order valence-electron chi connectivity index (χ2n) is 5.27. The van der Waals surface area contributed by atoms with E-state index in [9.17, 15) is 4.79 Å². The standard InChI is InChI=1S/C15H23N3O2/c1-18-8-4-6-13(10-18)17-15(19)11-20-14-7-3-2-5-12(14)9-16/h2-3,5,7,13H,4,6,8-11,16H2,1H3,(H,17,19). The van der Waals surface area contributed by atoms with Gasteiger partial charge in [0.25, 0.3) is 5.91 Å². The summed E-state index contributed by atoms with van der Waals surface area (Å²) in [7, 11) is 2.08. The Morgan fingerprint density at radius 2 is 2.30 bits per heavy atom. The molecule has 1 aliphatic heterocycles. The normalized spacial score (nSPS) is 19.6. The molecule has 0 bridgehead atoms. The van der Waals surface area contributed by atoms with Crippen molar-refractivity contribution in [2.75, 3.05) is 26.7 Å². The highest BCUT2D eigenvalue weighted by Crippen LogP contribution is 2.16. The van der Waals surface area contributed by atoms with Crippen LogP contribution in [0.1, 0.15) is 18.4 Å². The number of ether oxygens (including phenoxy) is 1. The van der Waals surface area contributed by atoms with E-state index in [2.05, 4.69) is 17.3 Å². The molecule has 0 aromatic heterocycles. The van der Waals surface area contributed by atoms with E-state index in [1.165, 1.54) is 0 Å². The monoisotopic (exact) mass is 277 g/mol. The Hall–Kier alpha value is -1.59. The molecule has 2 rings (SSSR count). The fraction of sp³-hybridized carbons (Fsp3) is 0.533. The molecule has 0 saturated carbocycles. The number of nitrogens with zero attached hydrogens (tertiary/aromatic N) is 1. The van der Waals surface area contributed by atoms with Crippen LogP contribution in [0, 0.1) is 0 Å². The molecule has 0 radical (unpaired) electrons. The van der Waals surface area contributed by atoms with E-state index < -0.39 is 0 Å². The van der Waals surface area contributed by atoms with Crippen LogP contribution in [0.3, 0.4) is 0 Å². The fourth-order valence-electron chi connectivity index (χ4n) is 2.51. The average molecular weight is 277 g/mol. The predicted molar refractivity (Wildman–Crippen MR) is 78.5 cm³/mol. The molecule has 0 aliphatic carbocycles. The zero-order valence-electron chi connectivity index (χ0n) is 12.0. The Balaban J connectivity index is 1.80. The average Bonchev–Trinajstić information content (AvgIpc) is 2.45. The molecule has 1 aromatic carbocycles. The zero-order chi connectivity index (χ0) is 14.4. The van der Waals surface area contributed by atoms with Crippen molar-refractivity contribution in [1.29, 1.82) is 0 Å². The number of hydrogen-bond donors (Lipinski definition) is 2. The van der Waals surface area contributed by atoms with Crippen molar-refractivity contribution in [3.8, 4) is 5.75 Å². The summed E-state index contributed by atoms with van der Waals surface area (Å²) in [5.41, 5.74) is 6.55. The molecule has 110 valence electrons. The summed E-state index contributed by atoms with van der Waals surface area (Å²) in [6.45, 7) is 2.46. The highest BCUT2D eigenvalue weighted by atomic mass is 16.5. The number of para-hydroxylation sites is 1. The largest absolute Gasteiger partial charge is 0.483 e. The number of carbonyl (C=O) groups excluding carboxylic acids is 1. The Morgan fingerprint density at radius 3 is 3.05 bits per heavy atom. The van der Waals surface area contributed by atoms with Crippen LogP contribution in [0.2, 0.25) is 0 Å². The van der Waals surface area contributed by atoms with Gasteiger partial charge in [0, 0.05) is 24.7 Å². The van der Waals surface area contributed by atoms with E-state index in [-0.39, 0.29) is 18.6 Å². The van der Waals surface area contributed by atoms with E-state index in [0.29, 0.717) is 12.3 Å². The third kappa shape index (κ3) is 4.21. The first-order valence-corrected chi connectivity index (χ1v) is 7.07. The SMILES string of the molecule is CN1CCCC(NC(=O)COc2ccccc2CN)C1. The third-order valence-electron chi connectivity index (χ3n) is 3.54. The molecular weight excluding hydrogens is 254 g/mol. The van der Waals surface area contributed by atoms with Crippen LogP contribution >= 0.6 is 0 Å². The van der Waals surface area contributed by atoms with Gasteiger partial charge < -0.3 is 20.7 Å². The number of rotatable bonds is 5. The summed E-state index contributed by atoms with van der Waals surface area (Å²) in [5, 5.41) is 3.02. The first-order valence-electron chi connectivity index (χ1n) is 7.07. The smallest absolute Gasteiger partial charge is 0.258 e. The van der Waals surface area contributed by atoms with Gasteiger partial charge in [0.15, 0.2) is 6.61 Å². The Kier molecular flexibility index (Phi) is 5.38. The van der Waals surface area contributed by atoms with E-state index in [1.807, 2.05) is 24.3 Å². The third-order valence-corrected chi connectivity index (χ3v) is 3.54. The van der Waals surface area contributed by atoms with Crippen LogP contribution in [0.25, 0.3) is 0 Å². The van der Waals surface area contributed by atoms with Crippen molar-refractivity contribution in [2.45, 2.75) is 25.4 Å². The minimum atomic E-state index is -0.0721. The first-order chi connectivity index (χ1) is 9.69. The minimum Gasteiger partial charge on any atom is -0.483 e. The topological polar surface area (TPSA) is 67.6 Å². The van der Waals surface area contributed by atoms with Gasteiger partial charge in [-0.2, -0.15) is 0 Å². The Labute approximate surface area is 120 Å². The number of benzene rings is 1. The maximum atomic E-state index is 11.9. The zero-order valence-corrected chi connectivity index (χ0v) is 12.0. The lowest BCUT2D eigenvalue weighted by Gasteiger charge is -2.30. The fourth-order valence-corrected chi connectivity index (χ4v) is 2.51. The lowest BCUT2D eigenvalue weighted by atomic mass is 10.1. The van der Waals surface area contributed by atoms with Crippen molar-refractivity contribution in [3.63, 3.8) is 0 Å². The number of likely N-dealkylation sites (N-methyl/N-ethyl adjacent to an activating group) is 1. The summed E-state index contributed by atoms with van der Waals surface area (Å²) >= 11 is 0. The Bertz CT molecular complexity index is 450. The summed E-state index contributed by atoms with van der Waals surface area (Å²) in [4.78, 5) is 14.1. The molecule has 1 amide bonds. The molecule has 1 aromatic rings. The van der Waals surface area contributed by atoms with Gasteiger partial charge >= 0.3 is 0 Å². The van der Waals surface area contributed by atoms with E-state index in [0.717, 1.165) is 31.5 Å². The Morgan fingerprint density at radius 1 is 1.50 bits per heavy atom. The summed E-state index contributed by atoms with van der Waals surface area (Å²) in [6.07, 6.45) is 2.16. The van der Waals surface area contributed by atoms with Crippen molar-refractivity contribution in [3.05, 3.63) is 29.8 Å². The van der Waals surface area contributed by atoms with Crippen LogP contribution < -0.4 is 15.8 Å². The van der Waals surface area contributed by atoms with Crippen LogP contribution in [-0.4, -0.2) is 43.6 Å².